The lowest BCUT2D eigenvalue weighted by atomic mass is 9.71. The Balaban J connectivity index is 1.59. The molecule has 204 valence electrons. The number of hydrogen-bond acceptors (Lipinski definition) is 5. The quantitative estimate of drug-likeness (QED) is 0.368. The Morgan fingerprint density at radius 3 is 2.45 bits per heavy atom. The van der Waals surface area contributed by atoms with Gasteiger partial charge < -0.3 is 25.1 Å². The van der Waals surface area contributed by atoms with Gasteiger partial charge in [-0.25, -0.2) is 4.79 Å². The van der Waals surface area contributed by atoms with Gasteiger partial charge in [0.2, 0.25) is 5.91 Å². The third kappa shape index (κ3) is 6.29. The van der Waals surface area contributed by atoms with Crippen LogP contribution in [0.2, 0.25) is 0 Å². The van der Waals surface area contributed by atoms with E-state index in [0.29, 0.717) is 18.7 Å². The van der Waals surface area contributed by atoms with Crippen molar-refractivity contribution in [3.8, 4) is 5.75 Å². The first-order chi connectivity index (χ1) is 18.0. The first kappa shape index (κ1) is 27.5. The minimum absolute atomic E-state index is 0.257. The maximum absolute atomic E-state index is 13.9. The third-order valence-electron chi connectivity index (χ3n) is 7.41. The van der Waals surface area contributed by atoms with Crippen molar-refractivity contribution >= 4 is 22.9 Å². The summed E-state index contributed by atoms with van der Waals surface area (Å²) in [6.07, 6.45) is 8.50. The molecule has 38 heavy (non-hydrogen) atoms. The summed E-state index contributed by atoms with van der Waals surface area (Å²) >= 11 is 0. The van der Waals surface area contributed by atoms with Gasteiger partial charge in [0.1, 0.15) is 16.9 Å². The van der Waals surface area contributed by atoms with Crippen LogP contribution in [0.1, 0.15) is 71.1 Å². The van der Waals surface area contributed by atoms with Gasteiger partial charge in [-0.2, -0.15) is 0 Å². The van der Waals surface area contributed by atoms with E-state index in [1.165, 1.54) is 6.42 Å². The van der Waals surface area contributed by atoms with E-state index >= 15 is 0 Å². The highest BCUT2D eigenvalue weighted by Gasteiger charge is 2.41. The van der Waals surface area contributed by atoms with Gasteiger partial charge in [0.05, 0.1) is 13.3 Å². The number of carbonyl (C=O) groups is 2. The number of hydrogen-bond donors (Lipinski definition) is 3. The second-order valence-corrected chi connectivity index (χ2v) is 11.6. The van der Waals surface area contributed by atoms with Crippen LogP contribution in [-0.4, -0.2) is 46.8 Å². The smallest absolute Gasteiger partial charge is 0.408 e. The third-order valence-corrected chi connectivity index (χ3v) is 7.41. The zero-order chi connectivity index (χ0) is 27.4. The molecule has 1 saturated carbocycles. The number of aromatic nitrogens is 2. The predicted octanol–water partition coefficient (Wildman–Crippen LogP) is 5.42. The summed E-state index contributed by atoms with van der Waals surface area (Å²) in [6, 6.07) is 11.9. The molecular weight excluding hydrogens is 480 g/mol. The number of H-pyrrole nitrogens is 1. The molecule has 0 radical (unpaired) electrons. The number of nitrogens with zero attached hydrogens (tertiary/aromatic N) is 1. The van der Waals surface area contributed by atoms with Gasteiger partial charge >= 0.3 is 6.09 Å². The van der Waals surface area contributed by atoms with Crippen molar-refractivity contribution in [2.24, 2.45) is 0 Å². The van der Waals surface area contributed by atoms with Crippen molar-refractivity contribution in [3.05, 3.63) is 60.0 Å². The zero-order valence-corrected chi connectivity index (χ0v) is 23.1. The molecule has 3 N–H and O–H groups in total. The molecule has 2 heterocycles. The van der Waals surface area contributed by atoms with Crippen LogP contribution in [0.5, 0.6) is 5.75 Å². The maximum atomic E-state index is 13.9. The molecule has 3 aromatic rings. The number of fused-ring (bicyclic) bond motifs is 1. The van der Waals surface area contributed by atoms with Crippen LogP contribution in [0, 0.1) is 0 Å². The second-order valence-electron chi connectivity index (χ2n) is 11.6. The number of amides is 2. The fraction of sp³-hybridized carbons (Fsp3) is 0.500. The number of para-hydroxylation sites is 1. The van der Waals surface area contributed by atoms with Crippen molar-refractivity contribution < 1.29 is 19.1 Å². The molecule has 0 spiro atoms. The molecule has 2 aromatic heterocycles. The van der Waals surface area contributed by atoms with Crippen LogP contribution in [0.3, 0.4) is 0 Å². The maximum Gasteiger partial charge on any atom is 0.408 e. The minimum atomic E-state index is -1.24. The van der Waals surface area contributed by atoms with Crippen LogP contribution < -0.4 is 15.4 Å². The van der Waals surface area contributed by atoms with E-state index in [1.54, 1.807) is 41.0 Å². The highest BCUT2D eigenvalue weighted by atomic mass is 16.6. The highest BCUT2D eigenvalue weighted by Crippen LogP contribution is 2.38. The van der Waals surface area contributed by atoms with Crippen molar-refractivity contribution in [2.45, 2.75) is 82.8 Å². The molecule has 0 aliphatic heterocycles. The number of benzene rings is 1. The molecule has 8 heteroatoms. The van der Waals surface area contributed by atoms with Crippen LogP contribution in [0.25, 0.3) is 10.9 Å². The molecule has 8 nitrogen and oxygen atoms in total. The monoisotopic (exact) mass is 520 g/mol. The minimum Gasteiger partial charge on any atom is -0.495 e. The summed E-state index contributed by atoms with van der Waals surface area (Å²) in [5, 5.41) is 7.10. The summed E-state index contributed by atoms with van der Waals surface area (Å²) < 4.78 is 10.8. The molecule has 0 saturated heterocycles. The Labute approximate surface area is 224 Å². The van der Waals surface area contributed by atoms with E-state index in [-0.39, 0.29) is 11.3 Å². The molecule has 2 amide bonds. The van der Waals surface area contributed by atoms with Gasteiger partial charge in [-0.1, -0.05) is 37.5 Å². The largest absolute Gasteiger partial charge is 0.495 e. The molecule has 1 aromatic carbocycles. The summed E-state index contributed by atoms with van der Waals surface area (Å²) in [4.78, 5) is 34.8. The highest BCUT2D eigenvalue weighted by molar-refractivity contribution is 5.91. The summed E-state index contributed by atoms with van der Waals surface area (Å²) in [5.74, 6) is 0.448. The topological polar surface area (TPSA) is 105 Å². The molecule has 1 atom stereocenters. The fourth-order valence-corrected chi connectivity index (χ4v) is 5.38. The van der Waals surface area contributed by atoms with Crippen molar-refractivity contribution in [1.29, 1.82) is 0 Å². The van der Waals surface area contributed by atoms with Crippen molar-refractivity contribution in [3.63, 3.8) is 0 Å². The van der Waals surface area contributed by atoms with Crippen LogP contribution in [0.4, 0.5) is 4.79 Å². The van der Waals surface area contributed by atoms with E-state index in [0.717, 1.165) is 47.8 Å². The lowest BCUT2D eigenvalue weighted by molar-refractivity contribution is -0.127. The average molecular weight is 521 g/mol. The van der Waals surface area contributed by atoms with Gasteiger partial charge in [-0.15, -0.1) is 0 Å². The number of aromatic amines is 1. The first-order valence-corrected chi connectivity index (χ1v) is 13.4. The summed E-state index contributed by atoms with van der Waals surface area (Å²) in [7, 11) is 1.62. The van der Waals surface area contributed by atoms with Gasteiger partial charge in [0.15, 0.2) is 0 Å². The van der Waals surface area contributed by atoms with Crippen LogP contribution in [-0.2, 0) is 21.4 Å². The lowest BCUT2D eigenvalue weighted by Gasteiger charge is -2.38. The van der Waals surface area contributed by atoms with Gasteiger partial charge in [0.25, 0.3) is 0 Å². The van der Waals surface area contributed by atoms with E-state index in [1.807, 2.05) is 42.6 Å². The Bertz CT molecular complexity index is 1260. The van der Waals surface area contributed by atoms with E-state index in [4.69, 9.17) is 14.5 Å². The molecule has 0 bridgehead atoms. The number of pyridine rings is 1. The number of rotatable bonds is 8. The first-order valence-electron chi connectivity index (χ1n) is 13.4. The molecule has 0 unspecified atom stereocenters. The number of nitrogens with one attached hydrogen (secondary N) is 3. The normalized spacial score (nSPS) is 16.9. The summed E-state index contributed by atoms with van der Waals surface area (Å²) in [5.41, 5.74) is 0.683. The Hall–Kier alpha value is -3.55. The Morgan fingerprint density at radius 2 is 1.79 bits per heavy atom. The van der Waals surface area contributed by atoms with Crippen molar-refractivity contribution in [2.75, 3.05) is 13.7 Å². The second kappa shape index (κ2) is 11.1. The van der Waals surface area contributed by atoms with Gasteiger partial charge in [-0.3, -0.25) is 9.78 Å². The average Bonchev–Trinajstić information content (AvgIpc) is 3.29. The molecule has 1 aliphatic carbocycles. The zero-order valence-electron chi connectivity index (χ0n) is 23.1. The summed E-state index contributed by atoms with van der Waals surface area (Å²) in [6.45, 7) is 7.60. The molecular formula is C30H40N4O4. The van der Waals surface area contributed by atoms with Gasteiger partial charge in [0, 0.05) is 41.2 Å². The molecule has 1 fully saturated rings. The van der Waals surface area contributed by atoms with Crippen LogP contribution >= 0.6 is 0 Å². The van der Waals surface area contributed by atoms with Gasteiger partial charge in [-0.05, 0) is 64.3 Å². The number of alkyl carbamates (subject to hydrolysis) is 1. The number of ether oxygens (including phenoxy) is 2. The predicted molar refractivity (Wildman–Crippen MR) is 148 cm³/mol. The standard InChI is InChI=1S/C30H40N4O4/c1-28(2,3)38-27(36)34-29(4,17-21-18-31-24-12-8-7-11-23(21)24)26(35)33-20-30(15-9-6-10-16-30)25-14-13-22(37-5)19-32-25/h7-8,11-14,18-19,31H,6,9-10,15-17,20H2,1-5H3,(H,33,35)(H,34,36)/t29-/m0/s1. The molecule has 4 rings (SSSR count). The Morgan fingerprint density at radius 1 is 1.05 bits per heavy atom. The van der Waals surface area contributed by atoms with Crippen molar-refractivity contribution in [1.82, 2.24) is 20.6 Å². The molecule has 1 aliphatic rings. The lowest BCUT2D eigenvalue weighted by Crippen LogP contribution is -2.60. The number of methoxy groups -OCH3 is 1. The van der Waals surface area contributed by atoms with E-state index in [2.05, 4.69) is 15.6 Å². The Kier molecular flexibility index (Phi) is 7.99. The van der Waals surface area contributed by atoms with Crippen LogP contribution in [0.15, 0.2) is 48.8 Å². The van der Waals surface area contributed by atoms with E-state index in [9.17, 15) is 9.59 Å². The number of carbonyl (C=O) groups excluding carboxylic acids is 2. The van der Waals surface area contributed by atoms with E-state index < -0.39 is 17.2 Å². The fourth-order valence-electron chi connectivity index (χ4n) is 5.38. The SMILES string of the molecule is COc1ccc(C2(CNC(=O)[C@](C)(Cc3c[nH]c4ccccc34)NC(=O)OC(C)(C)C)CCCCC2)nc1.